The summed E-state index contributed by atoms with van der Waals surface area (Å²) in [6.07, 6.45) is 3.45. The monoisotopic (exact) mass is 342 g/mol. The van der Waals surface area contributed by atoms with E-state index in [0.717, 1.165) is 11.1 Å². The van der Waals surface area contributed by atoms with Gasteiger partial charge < -0.3 is 14.2 Å². The summed E-state index contributed by atoms with van der Waals surface area (Å²) in [7, 11) is 3.14. The van der Waals surface area contributed by atoms with Crippen LogP contribution in [0.5, 0.6) is 11.5 Å². The minimum Gasteiger partial charge on any atom is -0.493 e. The van der Waals surface area contributed by atoms with E-state index in [1.807, 2.05) is 6.07 Å². The average molecular weight is 343 g/mol. The maximum absolute atomic E-state index is 12.1. The van der Waals surface area contributed by atoms with Gasteiger partial charge >= 0.3 is 5.97 Å². The third kappa shape index (κ3) is 3.29. The van der Waals surface area contributed by atoms with Crippen molar-refractivity contribution < 1.29 is 19.0 Å². The molecule has 0 saturated heterocycles. The summed E-state index contributed by atoms with van der Waals surface area (Å²) in [5.74, 6) is 1.34. The maximum atomic E-state index is 12.1. The number of benzene rings is 2. The molecule has 0 atom stereocenters. The number of ether oxygens (including phenoxy) is 3. The topological polar surface area (TPSA) is 44.8 Å². The third-order valence-electron chi connectivity index (χ3n) is 3.58. The predicted octanol–water partition coefficient (Wildman–Crippen LogP) is 4.34. The van der Waals surface area contributed by atoms with Gasteiger partial charge in [-0.05, 0) is 54.1 Å². The fourth-order valence-electron chi connectivity index (χ4n) is 2.37. The first-order valence-corrected chi connectivity index (χ1v) is 7.62. The molecule has 2 aromatic carbocycles. The molecule has 3 rings (SSSR count). The summed E-state index contributed by atoms with van der Waals surface area (Å²) in [5.41, 5.74) is 2.07. The van der Waals surface area contributed by atoms with Gasteiger partial charge in [0.1, 0.15) is 5.76 Å². The van der Waals surface area contributed by atoms with Gasteiger partial charge in [-0.15, -0.1) is 0 Å². The Morgan fingerprint density at radius 2 is 1.71 bits per heavy atom. The van der Waals surface area contributed by atoms with Crippen LogP contribution < -0.4 is 9.47 Å². The van der Waals surface area contributed by atoms with Gasteiger partial charge in [0.15, 0.2) is 11.5 Å². The van der Waals surface area contributed by atoms with Crippen molar-refractivity contribution in [2.45, 2.75) is 0 Å². The molecule has 0 fully saturated rings. The van der Waals surface area contributed by atoms with E-state index >= 15 is 0 Å². The van der Waals surface area contributed by atoms with E-state index in [-0.39, 0.29) is 0 Å². The molecule has 122 valence electrons. The summed E-state index contributed by atoms with van der Waals surface area (Å²) in [4.78, 5) is 12.1. The lowest BCUT2D eigenvalue weighted by atomic mass is 10.1. The molecule has 0 saturated carbocycles. The SMILES string of the molecule is COc1ccc(/C=C2/C=C(c3ccc(Cl)cc3)OC2=O)cc1OC. The van der Waals surface area contributed by atoms with Gasteiger partial charge in [-0.3, -0.25) is 0 Å². The van der Waals surface area contributed by atoms with E-state index in [9.17, 15) is 4.79 Å². The molecular formula is C19H15ClO4. The fourth-order valence-corrected chi connectivity index (χ4v) is 2.49. The number of carbonyl (C=O) groups is 1. The van der Waals surface area contributed by atoms with Gasteiger partial charge in [0.25, 0.3) is 0 Å². The van der Waals surface area contributed by atoms with Crippen molar-refractivity contribution in [2.75, 3.05) is 14.2 Å². The Labute approximate surface area is 144 Å². The zero-order valence-electron chi connectivity index (χ0n) is 13.2. The molecule has 24 heavy (non-hydrogen) atoms. The summed E-state index contributed by atoms with van der Waals surface area (Å²) < 4.78 is 15.8. The molecule has 1 heterocycles. The molecule has 5 heteroatoms. The number of rotatable bonds is 4. The third-order valence-corrected chi connectivity index (χ3v) is 3.84. The maximum Gasteiger partial charge on any atom is 0.343 e. The molecular weight excluding hydrogens is 328 g/mol. The van der Waals surface area contributed by atoms with E-state index in [4.69, 9.17) is 25.8 Å². The standard InChI is InChI=1S/C19H15ClO4/c1-22-16-8-3-12(10-18(16)23-2)9-14-11-17(24-19(14)21)13-4-6-15(20)7-5-13/h3-11H,1-2H3/b14-9-. The first kappa shape index (κ1) is 16.1. The van der Waals surface area contributed by atoms with Crippen molar-refractivity contribution >= 4 is 29.4 Å². The van der Waals surface area contributed by atoms with Crippen molar-refractivity contribution in [3.8, 4) is 11.5 Å². The van der Waals surface area contributed by atoms with Gasteiger partial charge in [0.05, 0.1) is 19.8 Å². The Bertz CT molecular complexity index is 835. The van der Waals surface area contributed by atoms with Gasteiger partial charge in [0, 0.05) is 10.6 Å². The van der Waals surface area contributed by atoms with E-state index < -0.39 is 5.97 Å². The largest absolute Gasteiger partial charge is 0.493 e. The number of esters is 1. The van der Waals surface area contributed by atoms with Crippen LogP contribution in [-0.2, 0) is 9.53 Å². The normalized spacial score (nSPS) is 15.2. The molecule has 0 spiro atoms. The lowest BCUT2D eigenvalue weighted by Crippen LogP contribution is -1.97. The highest BCUT2D eigenvalue weighted by molar-refractivity contribution is 6.30. The molecule has 0 amide bonds. The minimum absolute atomic E-state index is 0.394. The molecule has 1 aliphatic rings. The first-order valence-electron chi connectivity index (χ1n) is 7.24. The second kappa shape index (κ2) is 6.81. The summed E-state index contributed by atoms with van der Waals surface area (Å²) >= 11 is 5.88. The zero-order valence-corrected chi connectivity index (χ0v) is 14.0. The highest BCUT2D eigenvalue weighted by Crippen LogP contribution is 2.31. The Hall–Kier alpha value is -2.72. The Morgan fingerprint density at radius 1 is 1.00 bits per heavy atom. The first-order chi connectivity index (χ1) is 11.6. The predicted molar refractivity (Wildman–Crippen MR) is 93.0 cm³/mol. The van der Waals surface area contributed by atoms with Crippen molar-refractivity contribution in [2.24, 2.45) is 0 Å². The van der Waals surface area contributed by atoms with Crippen LogP contribution in [0.2, 0.25) is 5.02 Å². The number of carbonyl (C=O) groups excluding carboxylic acids is 1. The smallest absolute Gasteiger partial charge is 0.343 e. The van der Waals surface area contributed by atoms with Crippen LogP contribution in [0, 0.1) is 0 Å². The van der Waals surface area contributed by atoms with Crippen LogP contribution in [0.4, 0.5) is 0 Å². The Kier molecular flexibility index (Phi) is 4.58. The summed E-state index contributed by atoms with van der Waals surface area (Å²) in [6, 6.07) is 12.5. The number of cyclic esters (lactones) is 1. The number of hydrogen-bond donors (Lipinski definition) is 0. The van der Waals surface area contributed by atoms with Crippen molar-refractivity contribution in [3.05, 3.63) is 70.3 Å². The van der Waals surface area contributed by atoms with Crippen LogP contribution >= 0.6 is 11.6 Å². The highest BCUT2D eigenvalue weighted by Gasteiger charge is 2.22. The quantitative estimate of drug-likeness (QED) is 0.612. The Balaban J connectivity index is 1.92. The molecule has 0 N–H and O–H groups in total. The number of hydrogen-bond acceptors (Lipinski definition) is 4. The molecule has 2 aromatic rings. The highest BCUT2D eigenvalue weighted by atomic mass is 35.5. The Morgan fingerprint density at radius 3 is 2.38 bits per heavy atom. The second-order valence-corrected chi connectivity index (χ2v) is 5.56. The average Bonchev–Trinajstić information content (AvgIpc) is 2.96. The van der Waals surface area contributed by atoms with Gasteiger partial charge in [-0.2, -0.15) is 0 Å². The summed E-state index contributed by atoms with van der Waals surface area (Å²) in [6.45, 7) is 0. The number of halogens is 1. The van der Waals surface area contributed by atoms with E-state index in [2.05, 4.69) is 0 Å². The number of methoxy groups -OCH3 is 2. The van der Waals surface area contributed by atoms with Gasteiger partial charge in [-0.1, -0.05) is 17.7 Å². The van der Waals surface area contributed by atoms with Crippen molar-refractivity contribution in [1.29, 1.82) is 0 Å². The van der Waals surface area contributed by atoms with Crippen LogP contribution in [-0.4, -0.2) is 20.2 Å². The fraction of sp³-hybridized carbons (Fsp3) is 0.105. The van der Waals surface area contributed by atoms with Crippen LogP contribution in [0.1, 0.15) is 11.1 Å². The minimum atomic E-state index is -0.394. The molecule has 0 bridgehead atoms. The van der Waals surface area contributed by atoms with Crippen LogP contribution in [0.3, 0.4) is 0 Å². The molecule has 4 nitrogen and oxygen atoms in total. The van der Waals surface area contributed by atoms with Crippen molar-refractivity contribution in [3.63, 3.8) is 0 Å². The molecule has 0 aliphatic carbocycles. The lowest BCUT2D eigenvalue weighted by molar-refractivity contribution is -0.130. The molecule has 1 aliphatic heterocycles. The van der Waals surface area contributed by atoms with Gasteiger partial charge in [0.2, 0.25) is 0 Å². The van der Waals surface area contributed by atoms with Gasteiger partial charge in [-0.25, -0.2) is 4.79 Å². The van der Waals surface area contributed by atoms with E-state index in [1.165, 1.54) is 0 Å². The molecule has 0 unspecified atom stereocenters. The molecule has 0 aromatic heterocycles. The molecule has 0 radical (unpaired) electrons. The summed E-state index contributed by atoms with van der Waals surface area (Å²) in [5, 5.41) is 0.629. The van der Waals surface area contributed by atoms with Crippen LogP contribution in [0.15, 0.2) is 54.1 Å². The van der Waals surface area contributed by atoms with E-state index in [0.29, 0.717) is 27.9 Å². The zero-order chi connectivity index (χ0) is 17.1. The lowest BCUT2D eigenvalue weighted by Gasteiger charge is -2.07. The van der Waals surface area contributed by atoms with E-state index in [1.54, 1.807) is 62.8 Å². The van der Waals surface area contributed by atoms with Crippen molar-refractivity contribution in [1.82, 2.24) is 0 Å². The second-order valence-electron chi connectivity index (χ2n) is 5.12. The van der Waals surface area contributed by atoms with Crippen LogP contribution in [0.25, 0.3) is 11.8 Å².